The smallest absolute Gasteiger partial charge is 0.313 e. The highest BCUT2D eigenvalue weighted by atomic mass is 32.2. The van der Waals surface area contributed by atoms with Crippen molar-refractivity contribution in [1.29, 1.82) is 0 Å². The van der Waals surface area contributed by atoms with Crippen molar-refractivity contribution in [3.8, 4) is 0 Å². The summed E-state index contributed by atoms with van der Waals surface area (Å²) in [6.07, 6.45) is 6.65. The summed E-state index contributed by atoms with van der Waals surface area (Å²) >= 11 is 2.28. The number of rotatable bonds is 6. The molecule has 1 aliphatic rings. The number of carbonyl (C=O) groups excluding carboxylic acids is 1. The Morgan fingerprint density at radius 3 is 3.05 bits per heavy atom. The van der Waals surface area contributed by atoms with Crippen molar-refractivity contribution < 1.29 is 14.7 Å². The number of thioether (sulfide) groups is 1. The van der Waals surface area contributed by atoms with Gasteiger partial charge in [0.25, 0.3) is 0 Å². The quantitative estimate of drug-likeness (QED) is 0.474. The minimum absolute atomic E-state index is 0.0601. The Hall–Kier alpha value is -1.41. The molecule has 1 amide bonds. The van der Waals surface area contributed by atoms with E-state index in [1.54, 1.807) is 0 Å². The van der Waals surface area contributed by atoms with Gasteiger partial charge in [-0.1, -0.05) is 35.3 Å². The molecule has 102 valence electrons. The fourth-order valence-corrected chi connectivity index (χ4v) is 3.20. The Bertz CT molecular complexity index is 501. The molecule has 1 aromatic rings. The van der Waals surface area contributed by atoms with Gasteiger partial charge in [0, 0.05) is 6.42 Å². The van der Waals surface area contributed by atoms with Gasteiger partial charge in [-0.25, -0.2) is 0 Å². The third-order valence-electron chi connectivity index (χ3n) is 2.53. The maximum absolute atomic E-state index is 11.7. The number of anilines is 1. The van der Waals surface area contributed by atoms with Gasteiger partial charge < -0.3 is 10.4 Å². The van der Waals surface area contributed by atoms with Crippen LogP contribution in [0.1, 0.15) is 19.3 Å². The van der Waals surface area contributed by atoms with Crippen molar-refractivity contribution in [2.75, 3.05) is 11.1 Å². The van der Waals surface area contributed by atoms with Gasteiger partial charge in [-0.2, -0.15) is 0 Å². The van der Waals surface area contributed by atoms with Crippen LogP contribution in [0.2, 0.25) is 0 Å². The number of aromatic nitrogens is 2. The van der Waals surface area contributed by atoms with Crippen LogP contribution in [0.25, 0.3) is 0 Å². The molecular weight excluding hydrogens is 286 g/mol. The predicted molar refractivity (Wildman–Crippen MR) is 73.4 cm³/mol. The van der Waals surface area contributed by atoms with Crippen LogP contribution < -0.4 is 5.32 Å². The molecule has 0 saturated carbocycles. The lowest BCUT2D eigenvalue weighted by Crippen LogP contribution is -2.14. The fraction of sp³-hybridized carbons (Fsp3) is 0.455. The molecule has 0 aliphatic heterocycles. The number of hydrogen-bond donors (Lipinski definition) is 2. The molecule has 6 nitrogen and oxygen atoms in total. The summed E-state index contributed by atoms with van der Waals surface area (Å²) in [4.78, 5) is 22.1. The van der Waals surface area contributed by atoms with E-state index in [1.807, 2.05) is 0 Å². The number of nitrogens with one attached hydrogen (secondary N) is 1. The van der Waals surface area contributed by atoms with Crippen LogP contribution in [0.15, 0.2) is 16.5 Å². The summed E-state index contributed by atoms with van der Waals surface area (Å²) in [6.45, 7) is 0. The molecule has 0 bridgehead atoms. The fourth-order valence-electron chi connectivity index (χ4n) is 1.72. The van der Waals surface area contributed by atoms with Gasteiger partial charge in [0.1, 0.15) is 0 Å². The van der Waals surface area contributed by atoms with E-state index in [9.17, 15) is 9.59 Å². The minimum Gasteiger partial charge on any atom is -0.481 e. The van der Waals surface area contributed by atoms with Crippen molar-refractivity contribution in [2.24, 2.45) is 5.92 Å². The zero-order valence-electron chi connectivity index (χ0n) is 10.0. The average molecular weight is 299 g/mol. The van der Waals surface area contributed by atoms with Crippen LogP contribution in [0.4, 0.5) is 5.13 Å². The Morgan fingerprint density at radius 1 is 1.53 bits per heavy atom. The molecule has 1 aromatic heterocycles. The van der Waals surface area contributed by atoms with Crippen molar-refractivity contribution in [1.82, 2.24) is 10.2 Å². The lowest BCUT2D eigenvalue weighted by Gasteiger charge is -2.05. The second-order valence-electron chi connectivity index (χ2n) is 4.07. The Labute approximate surface area is 118 Å². The average Bonchev–Trinajstić information content (AvgIpc) is 2.98. The maximum Gasteiger partial charge on any atom is 0.313 e. The second-order valence-corrected chi connectivity index (χ2v) is 6.27. The molecule has 1 heterocycles. The van der Waals surface area contributed by atoms with E-state index < -0.39 is 5.97 Å². The van der Waals surface area contributed by atoms with E-state index in [4.69, 9.17) is 5.11 Å². The highest BCUT2D eigenvalue weighted by Crippen LogP contribution is 2.26. The SMILES string of the molecule is O=C(O)CSc1nnc(NC(=O)CC2C=CCC2)s1. The predicted octanol–water partition coefficient (Wildman–Crippen LogP) is 2.01. The number of hydrogen-bond acceptors (Lipinski definition) is 6. The number of aliphatic carboxylic acids is 1. The van der Waals surface area contributed by atoms with Gasteiger partial charge in [-0.15, -0.1) is 10.2 Å². The molecule has 0 saturated heterocycles. The van der Waals surface area contributed by atoms with Crippen molar-refractivity contribution >= 4 is 40.1 Å². The molecule has 2 rings (SSSR count). The second kappa shape index (κ2) is 6.67. The van der Waals surface area contributed by atoms with Gasteiger partial charge in [0.15, 0.2) is 4.34 Å². The van der Waals surface area contributed by atoms with Crippen molar-refractivity contribution in [3.05, 3.63) is 12.2 Å². The monoisotopic (exact) mass is 299 g/mol. The zero-order valence-corrected chi connectivity index (χ0v) is 11.7. The molecule has 0 radical (unpaired) electrons. The summed E-state index contributed by atoms with van der Waals surface area (Å²) in [5.41, 5.74) is 0. The first-order valence-electron chi connectivity index (χ1n) is 5.78. The van der Waals surface area contributed by atoms with Gasteiger partial charge in [-0.05, 0) is 18.8 Å². The normalized spacial score (nSPS) is 17.6. The molecule has 1 atom stereocenters. The molecule has 2 N–H and O–H groups in total. The number of amides is 1. The highest BCUT2D eigenvalue weighted by Gasteiger charge is 2.15. The molecule has 1 unspecified atom stereocenters. The van der Waals surface area contributed by atoms with Crippen LogP contribution >= 0.6 is 23.1 Å². The van der Waals surface area contributed by atoms with Crippen molar-refractivity contribution in [3.63, 3.8) is 0 Å². The van der Waals surface area contributed by atoms with E-state index in [0.717, 1.165) is 24.6 Å². The van der Waals surface area contributed by atoms with Crippen LogP contribution in [0, 0.1) is 5.92 Å². The molecule has 19 heavy (non-hydrogen) atoms. The molecule has 8 heteroatoms. The number of carboxylic acids is 1. The van der Waals surface area contributed by atoms with Gasteiger partial charge in [-0.3, -0.25) is 9.59 Å². The van der Waals surface area contributed by atoms with Gasteiger partial charge in [0.2, 0.25) is 11.0 Å². The zero-order chi connectivity index (χ0) is 13.7. The number of carboxylic acid groups (broad SMARTS) is 1. The lowest BCUT2D eigenvalue weighted by atomic mass is 10.1. The summed E-state index contributed by atoms with van der Waals surface area (Å²) in [5.74, 6) is -0.731. The summed E-state index contributed by atoms with van der Waals surface area (Å²) in [5, 5.41) is 19.3. The first-order chi connectivity index (χ1) is 9.13. The van der Waals surface area contributed by atoms with E-state index in [1.165, 1.54) is 11.3 Å². The maximum atomic E-state index is 11.7. The molecule has 0 fully saturated rings. The number of nitrogens with zero attached hydrogens (tertiary/aromatic N) is 2. The first kappa shape index (κ1) is 14.0. The van der Waals surface area contributed by atoms with Crippen LogP contribution in [-0.4, -0.2) is 32.9 Å². The largest absolute Gasteiger partial charge is 0.481 e. The Kier molecular flexibility index (Phi) is 4.92. The first-order valence-corrected chi connectivity index (χ1v) is 7.58. The molecule has 0 aromatic carbocycles. The summed E-state index contributed by atoms with van der Waals surface area (Å²) in [6, 6.07) is 0. The molecule has 1 aliphatic carbocycles. The molecular formula is C11H13N3O3S2. The van der Waals surface area contributed by atoms with Crippen LogP contribution in [0.5, 0.6) is 0 Å². The van der Waals surface area contributed by atoms with E-state index >= 15 is 0 Å². The van der Waals surface area contributed by atoms with E-state index in [0.29, 0.717) is 21.8 Å². The van der Waals surface area contributed by atoms with Crippen LogP contribution in [0.3, 0.4) is 0 Å². The topological polar surface area (TPSA) is 92.2 Å². The van der Waals surface area contributed by atoms with Crippen LogP contribution in [-0.2, 0) is 9.59 Å². The summed E-state index contributed by atoms with van der Waals surface area (Å²) < 4.78 is 0.540. The Morgan fingerprint density at radius 2 is 2.37 bits per heavy atom. The summed E-state index contributed by atoms with van der Waals surface area (Å²) in [7, 11) is 0. The third kappa shape index (κ3) is 4.64. The number of allylic oxidation sites excluding steroid dienone is 2. The van der Waals surface area contributed by atoms with E-state index in [-0.39, 0.29) is 11.7 Å². The highest BCUT2D eigenvalue weighted by molar-refractivity contribution is 8.01. The lowest BCUT2D eigenvalue weighted by molar-refractivity contribution is -0.133. The van der Waals surface area contributed by atoms with Gasteiger partial charge in [0.05, 0.1) is 5.75 Å². The molecule has 0 spiro atoms. The third-order valence-corrected chi connectivity index (χ3v) is 4.49. The minimum atomic E-state index is -0.904. The van der Waals surface area contributed by atoms with E-state index in [2.05, 4.69) is 27.7 Å². The van der Waals surface area contributed by atoms with Gasteiger partial charge >= 0.3 is 5.97 Å². The van der Waals surface area contributed by atoms with Crippen molar-refractivity contribution in [2.45, 2.75) is 23.6 Å². The number of carbonyl (C=O) groups is 2. The Balaban J connectivity index is 1.80. The standard InChI is InChI=1S/C11H13N3O3S2/c15-8(5-7-3-1-2-4-7)12-10-13-14-11(19-10)18-6-9(16)17/h1,3,7H,2,4-6H2,(H,16,17)(H,12,13,15).